The quantitative estimate of drug-likeness (QED) is 0.434. The average molecular weight is 421 g/mol. The molecule has 0 fully saturated rings. The lowest BCUT2D eigenvalue weighted by molar-refractivity contribution is -0.384. The van der Waals surface area contributed by atoms with E-state index in [4.69, 9.17) is 9.47 Å². The molecule has 0 aromatic heterocycles. The fourth-order valence-corrected chi connectivity index (χ4v) is 3.41. The second kappa shape index (κ2) is 7.33. The maximum Gasteiger partial charge on any atom is 0.293 e. The summed E-state index contributed by atoms with van der Waals surface area (Å²) in [5.74, 6) is 1.09. The molecule has 1 heterocycles. The maximum atomic E-state index is 11.5. The van der Waals surface area contributed by atoms with Crippen LogP contribution < -0.4 is 14.8 Å². The Morgan fingerprint density at radius 3 is 2.50 bits per heavy atom. The van der Waals surface area contributed by atoms with Crippen LogP contribution >= 0.6 is 15.9 Å². The predicted octanol–water partition coefficient (Wildman–Crippen LogP) is 4.50. The Morgan fingerprint density at radius 1 is 1.23 bits per heavy atom. The SMILES string of the molecule is CC(=O)c1ccc(NC(C)c2cc3c(cc2Br)OCCO3)c([N+](=O)[O-])c1. The van der Waals surface area contributed by atoms with Crippen LogP contribution in [0.15, 0.2) is 34.8 Å². The Balaban J connectivity index is 1.92. The van der Waals surface area contributed by atoms with Gasteiger partial charge in [0.25, 0.3) is 5.69 Å². The van der Waals surface area contributed by atoms with Gasteiger partial charge < -0.3 is 14.8 Å². The van der Waals surface area contributed by atoms with Crippen LogP contribution in [-0.4, -0.2) is 23.9 Å². The zero-order valence-corrected chi connectivity index (χ0v) is 15.8. The van der Waals surface area contributed by atoms with E-state index in [0.29, 0.717) is 36.0 Å². The number of halogens is 1. The third-order valence-electron chi connectivity index (χ3n) is 4.10. The van der Waals surface area contributed by atoms with Crippen LogP contribution in [0, 0.1) is 10.1 Å². The highest BCUT2D eigenvalue weighted by molar-refractivity contribution is 9.10. The first kappa shape index (κ1) is 18.2. The van der Waals surface area contributed by atoms with Gasteiger partial charge in [0.15, 0.2) is 17.3 Å². The van der Waals surface area contributed by atoms with Crippen LogP contribution in [0.2, 0.25) is 0 Å². The topological polar surface area (TPSA) is 90.7 Å². The van der Waals surface area contributed by atoms with Gasteiger partial charge in [0.05, 0.1) is 11.0 Å². The summed E-state index contributed by atoms with van der Waals surface area (Å²) in [4.78, 5) is 22.4. The van der Waals surface area contributed by atoms with Crippen LogP contribution in [0.4, 0.5) is 11.4 Å². The maximum absolute atomic E-state index is 11.5. The molecule has 7 nitrogen and oxygen atoms in total. The first-order chi connectivity index (χ1) is 12.4. The number of ether oxygens (including phenoxy) is 2. The molecule has 0 radical (unpaired) electrons. The Morgan fingerprint density at radius 2 is 1.88 bits per heavy atom. The minimum atomic E-state index is -0.500. The van der Waals surface area contributed by atoms with Gasteiger partial charge in [-0.25, -0.2) is 0 Å². The minimum absolute atomic E-state index is 0.141. The lowest BCUT2D eigenvalue weighted by Gasteiger charge is -2.23. The van der Waals surface area contributed by atoms with Crippen molar-refractivity contribution in [1.82, 2.24) is 0 Å². The first-order valence-corrected chi connectivity index (χ1v) is 8.81. The molecule has 1 aliphatic rings. The normalized spacial score (nSPS) is 13.8. The molecule has 1 N–H and O–H groups in total. The number of fused-ring (bicyclic) bond motifs is 1. The molecule has 3 rings (SSSR count). The molecule has 0 amide bonds. The van der Waals surface area contributed by atoms with Gasteiger partial charge in [-0.2, -0.15) is 0 Å². The van der Waals surface area contributed by atoms with E-state index in [1.165, 1.54) is 13.0 Å². The number of benzene rings is 2. The summed E-state index contributed by atoms with van der Waals surface area (Å²) >= 11 is 3.51. The second-order valence-electron chi connectivity index (χ2n) is 5.93. The van der Waals surface area contributed by atoms with Crippen molar-refractivity contribution < 1.29 is 19.2 Å². The Hall–Kier alpha value is -2.61. The van der Waals surface area contributed by atoms with Crippen LogP contribution in [0.25, 0.3) is 0 Å². The molecule has 1 aliphatic heterocycles. The number of anilines is 1. The van der Waals surface area contributed by atoms with Gasteiger partial charge in [0.2, 0.25) is 0 Å². The number of carbonyl (C=O) groups is 1. The number of hydrogen-bond donors (Lipinski definition) is 1. The van der Waals surface area contributed by atoms with Crippen molar-refractivity contribution in [2.24, 2.45) is 0 Å². The molecule has 1 unspecified atom stereocenters. The highest BCUT2D eigenvalue weighted by Crippen LogP contribution is 2.39. The third-order valence-corrected chi connectivity index (χ3v) is 4.79. The van der Waals surface area contributed by atoms with Crippen LogP contribution in [-0.2, 0) is 0 Å². The number of ketones is 1. The zero-order valence-electron chi connectivity index (χ0n) is 14.2. The fraction of sp³-hybridized carbons (Fsp3) is 0.278. The molecule has 136 valence electrons. The van der Waals surface area contributed by atoms with Gasteiger partial charge in [0.1, 0.15) is 18.9 Å². The van der Waals surface area contributed by atoms with E-state index < -0.39 is 4.92 Å². The average Bonchev–Trinajstić information content (AvgIpc) is 2.60. The zero-order chi connectivity index (χ0) is 18.8. The Labute approximate surface area is 158 Å². The van der Waals surface area contributed by atoms with E-state index in [0.717, 1.165) is 10.0 Å². The molecule has 2 aromatic carbocycles. The van der Waals surface area contributed by atoms with Crippen molar-refractivity contribution in [3.05, 3.63) is 56.0 Å². The molecule has 0 saturated heterocycles. The van der Waals surface area contributed by atoms with E-state index in [2.05, 4.69) is 21.2 Å². The second-order valence-corrected chi connectivity index (χ2v) is 6.78. The van der Waals surface area contributed by atoms with Gasteiger partial charge in [-0.1, -0.05) is 15.9 Å². The molecular formula is C18H17BrN2O5. The van der Waals surface area contributed by atoms with Gasteiger partial charge in [-0.15, -0.1) is 0 Å². The number of rotatable bonds is 5. The molecule has 2 aromatic rings. The number of nitro groups is 1. The van der Waals surface area contributed by atoms with E-state index in [-0.39, 0.29) is 17.5 Å². The van der Waals surface area contributed by atoms with Gasteiger partial charge >= 0.3 is 0 Å². The lowest BCUT2D eigenvalue weighted by Crippen LogP contribution is -2.16. The van der Waals surface area contributed by atoms with Crippen LogP contribution in [0.3, 0.4) is 0 Å². The van der Waals surface area contributed by atoms with Crippen LogP contribution in [0.5, 0.6) is 11.5 Å². The van der Waals surface area contributed by atoms with E-state index >= 15 is 0 Å². The molecule has 26 heavy (non-hydrogen) atoms. The number of carbonyl (C=O) groups excluding carboxylic acids is 1. The third kappa shape index (κ3) is 3.65. The number of Topliss-reactive ketones (excluding diaryl/α,β-unsaturated/α-hetero) is 1. The van der Waals surface area contributed by atoms with Crippen molar-refractivity contribution in [3.8, 4) is 11.5 Å². The van der Waals surface area contributed by atoms with E-state index in [9.17, 15) is 14.9 Å². The molecule has 0 spiro atoms. The molecule has 8 heteroatoms. The van der Waals surface area contributed by atoms with Gasteiger partial charge in [-0.05, 0) is 43.7 Å². The van der Waals surface area contributed by atoms with E-state index in [1.807, 2.05) is 19.1 Å². The first-order valence-electron chi connectivity index (χ1n) is 8.01. The minimum Gasteiger partial charge on any atom is -0.486 e. The molecular weight excluding hydrogens is 404 g/mol. The fourth-order valence-electron chi connectivity index (χ4n) is 2.75. The smallest absolute Gasteiger partial charge is 0.293 e. The largest absolute Gasteiger partial charge is 0.486 e. The van der Waals surface area contributed by atoms with Crippen molar-refractivity contribution in [1.29, 1.82) is 0 Å². The van der Waals surface area contributed by atoms with Crippen molar-refractivity contribution in [3.63, 3.8) is 0 Å². The molecule has 0 aliphatic carbocycles. The number of hydrogen-bond acceptors (Lipinski definition) is 6. The monoisotopic (exact) mass is 420 g/mol. The number of nitro benzene ring substituents is 1. The summed E-state index contributed by atoms with van der Waals surface area (Å²) in [7, 11) is 0. The number of nitrogens with one attached hydrogen (secondary N) is 1. The van der Waals surface area contributed by atoms with Crippen molar-refractivity contribution in [2.75, 3.05) is 18.5 Å². The summed E-state index contributed by atoms with van der Waals surface area (Å²) < 4.78 is 12.0. The highest BCUT2D eigenvalue weighted by Gasteiger charge is 2.21. The molecule has 0 saturated carbocycles. The van der Waals surface area contributed by atoms with Gasteiger partial charge in [-0.3, -0.25) is 14.9 Å². The van der Waals surface area contributed by atoms with Crippen molar-refractivity contribution >= 4 is 33.1 Å². The van der Waals surface area contributed by atoms with Crippen LogP contribution in [0.1, 0.15) is 35.8 Å². The summed E-state index contributed by atoms with van der Waals surface area (Å²) in [5, 5.41) is 14.5. The molecule has 0 bridgehead atoms. The Bertz CT molecular complexity index is 884. The molecule has 1 atom stereocenters. The summed E-state index contributed by atoms with van der Waals surface area (Å²) in [6.45, 7) is 4.25. The number of nitrogens with zero attached hydrogens (tertiary/aromatic N) is 1. The van der Waals surface area contributed by atoms with E-state index in [1.54, 1.807) is 12.1 Å². The standard InChI is InChI=1S/C18H17BrN2O5/c1-10(13-8-17-18(9-14(13)19)26-6-5-25-17)20-15-4-3-12(11(2)22)7-16(15)21(23)24/h3-4,7-10,20H,5-6H2,1-2H3. The van der Waals surface area contributed by atoms with Crippen molar-refractivity contribution in [2.45, 2.75) is 19.9 Å². The van der Waals surface area contributed by atoms with Gasteiger partial charge in [0, 0.05) is 16.1 Å². The summed E-state index contributed by atoms with van der Waals surface area (Å²) in [5.41, 5.74) is 1.38. The Kier molecular flexibility index (Phi) is 5.13. The summed E-state index contributed by atoms with van der Waals surface area (Å²) in [6.07, 6.45) is 0. The summed E-state index contributed by atoms with van der Waals surface area (Å²) in [6, 6.07) is 7.85. The lowest BCUT2D eigenvalue weighted by atomic mass is 10.1. The highest BCUT2D eigenvalue weighted by atomic mass is 79.9. The predicted molar refractivity (Wildman–Crippen MR) is 100 cm³/mol.